The van der Waals surface area contributed by atoms with Crippen molar-refractivity contribution >= 4 is 40.8 Å². The maximum atomic E-state index is 12.9. The Hall–Kier alpha value is -1.25. The van der Waals surface area contributed by atoms with Crippen molar-refractivity contribution in [3.05, 3.63) is 44.8 Å². The first-order chi connectivity index (χ1) is 13.4. The summed E-state index contributed by atoms with van der Waals surface area (Å²) in [6.07, 6.45) is 3.54. The fourth-order valence-electron chi connectivity index (χ4n) is 3.85. The summed E-state index contributed by atoms with van der Waals surface area (Å²) in [4.78, 5) is 20.3. The van der Waals surface area contributed by atoms with Gasteiger partial charge in [0.05, 0.1) is 29.5 Å². The van der Waals surface area contributed by atoms with Crippen molar-refractivity contribution in [1.82, 2.24) is 9.55 Å². The lowest BCUT2D eigenvalue weighted by atomic mass is 9.75. The molecule has 6 nitrogen and oxygen atoms in total. The first-order valence-electron chi connectivity index (χ1n) is 9.17. The van der Waals surface area contributed by atoms with Gasteiger partial charge in [-0.25, -0.2) is 4.98 Å². The molecule has 0 amide bonds. The molecule has 2 aromatic rings. The van der Waals surface area contributed by atoms with Crippen molar-refractivity contribution in [1.29, 1.82) is 0 Å². The highest BCUT2D eigenvalue weighted by atomic mass is 35.5. The third-order valence-corrected chi connectivity index (χ3v) is 7.87. The molecule has 150 valence electrons. The summed E-state index contributed by atoms with van der Waals surface area (Å²) in [7, 11) is 1.75. The largest absolute Gasteiger partial charge is 0.379 e. The molecule has 2 saturated heterocycles. The van der Waals surface area contributed by atoms with E-state index in [-0.39, 0.29) is 17.0 Å². The molecule has 0 saturated carbocycles. The molecule has 1 aromatic carbocycles. The highest BCUT2D eigenvalue weighted by molar-refractivity contribution is 7.99. The number of benzene rings is 1. The van der Waals surface area contributed by atoms with Crippen molar-refractivity contribution in [2.75, 3.05) is 31.2 Å². The van der Waals surface area contributed by atoms with Gasteiger partial charge in [0.1, 0.15) is 5.03 Å². The summed E-state index contributed by atoms with van der Waals surface area (Å²) in [6, 6.07) is 5.51. The Morgan fingerprint density at radius 1 is 1.32 bits per heavy atom. The van der Waals surface area contributed by atoms with E-state index in [9.17, 15) is 4.79 Å². The minimum atomic E-state index is -0.119. The van der Waals surface area contributed by atoms with Crippen LogP contribution in [0.15, 0.2) is 39.1 Å². The molecule has 0 aliphatic carbocycles. The van der Waals surface area contributed by atoms with Gasteiger partial charge < -0.3 is 19.9 Å². The van der Waals surface area contributed by atoms with Gasteiger partial charge in [0.25, 0.3) is 5.56 Å². The molecule has 2 N–H and O–H groups in total. The van der Waals surface area contributed by atoms with Gasteiger partial charge in [0, 0.05) is 36.5 Å². The van der Waals surface area contributed by atoms with Crippen LogP contribution >= 0.6 is 35.0 Å². The molecule has 1 spiro atoms. The first kappa shape index (κ1) is 20.0. The number of anilines is 1. The molecule has 2 aliphatic heterocycles. The molecule has 0 unspecified atom stereocenters. The minimum Gasteiger partial charge on any atom is -0.379 e. The van der Waals surface area contributed by atoms with Gasteiger partial charge in [-0.3, -0.25) is 4.79 Å². The Kier molecular flexibility index (Phi) is 5.64. The molecule has 9 heteroatoms. The Bertz CT molecular complexity index is 944. The van der Waals surface area contributed by atoms with Crippen LogP contribution in [-0.2, 0) is 11.8 Å². The zero-order valence-electron chi connectivity index (χ0n) is 15.5. The lowest BCUT2D eigenvalue weighted by Gasteiger charge is -2.40. The van der Waals surface area contributed by atoms with Gasteiger partial charge in [0.15, 0.2) is 5.82 Å². The lowest BCUT2D eigenvalue weighted by Crippen LogP contribution is -2.50. The van der Waals surface area contributed by atoms with E-state index < -0.39 is 0 Å². The normalized spacial score (nSPS) is 21.4. The number of nitrogens with two attached hydrogens (primary N) is 1. The van der Waals surface area contributed by atoms with Crippen molar-refractivity contribution in [3.63, 3.8) is 0 Å². The minimum absolute atomic E-state index is 0.0425. The van der Waals surface area contributed by atoms with Gasteiger partial charge in [-0.05, 0) is 25.0 Å². The predicted molar refractivity (Wildman–Crippen MR) is 113 cm³/mol. The highest BCUT2D eigenvalue weighted by Gasteiger charge is 2.44. The van der Waals surface area contributed by atoms with Gasteiger partial charge in [0.2, 0.25) is 0 Å². The summed E-state index contributed by atoms with van der Waals surface area (Å²) in [5, 5.41) is 1.66. The van der Waals surface area contributed by atoms with E-state index >= 15 is 0 Å². The fourth-order valence-corrected chi connectivity index (χ4v) is 5.22. The number of halogens is 2. The van der Waals surface area contributed by atoms with Crippen molar-refractivity contribution in [2.24, 2.45) is 18.2 Å². The summed E-state index contributed by atoms with van der Waals surface area (Å²) >= 11 is 13.7. The second-order valence-electron chi connectivity index (χ2n) is 7.41. The van der Waals surface area contributed by atoms with Crippen molar-refractivity contribution in [3.8, 4) is 0 Å². The summed E-state index contributed by atoms with van der Waals surface area (Å²) in [5.74, 6) is 0.478. The Labute approximate surface area is 178 Å². The quantitative estimate of drug-likeness (QED) is 0.789. The zero-order chi connectivity index (χ0) is 19.9. The number of piperidine rings is 1. The molecule has 3 heterocycles. The fraction of sp³-hybridized carbons (Fsp3) is 0.474. The molecule has 0 radical (unpaired) electrons. The number of aromatic nitrogens is 2. The SMILES string of the molecule is Cn1c(Sc2cccc(Cl)c2Cl)cnc(N2CCC3(CC2)COC[C@H]3N)c1=O. The third-order valence-electron chi connectivity index (χ3n) is 5.79. The van der Waals surface area contributed by atoms with Gasteiger partial charge >= 0.3 is 0 Å². The molecule has 28 heavy (non-hydrogen) atoms. The van der Waals surface area contributed by atoms with Gasteiger partial charge in [-0.2, -0.15) is 0 Å². The Morgan fingerprint density at radius 2 is 2.07 bits per heavy atom. The molecule has 0 bridgehead atoms. The summed E-state index contributed by atoms with van der Waals surface area (Å²) in [6.45, 7) is 2.85. The van der Waals surface area contributed by atoms with Crippen LogP contribution in [0, 0.1) is 5.41 Å². The maximum absolute atomic E-state index is 12.9. The summed E-state index contributed by atoms with van der Waals surface area (Å²) in [5.41, 5.74) is 6.17. The monoisotopic (exact) mass is 440 g/mol. The van der Waals surface area contributed by atoms with E-state index in [1.807, 2.05) is 12.1 Å². The Morgan fingerprint density at radius 3 is 2.75 bits per heavy atom. The van der Waals surface area contributed by atoms with Crippen molar-refractivity contribution < 1.29 is 4.74 Å². The standard InChI is InChI=1S/C19H22Cl2N4O2S/c1-24-15(28-13-4-2-3-12(20)16(13)21)9-23-17(18(24)26)25-7-5-19(6-8-25)11-27-10-14(19)22/h2-4,9,14H,5-8,10-11,22H2,1H3/t14-/m1/s1. The number of ether oxygens (including phenoxy) is 1. The molecule has 1 atom stereocenters. The number of hydrogen-bond acceptors (Lipinski definition) is 6. The molecular weight excluding hydrogens is 419 g/mol. The number of hydrogen-bond donors (Lipinski definition) is 1. The second-order valence-corrected chi connectivity index (χ2v) is 9.26. The smallest absolute Gasteiger partial charge is 0.294 e. The number of rotatable bonds is 3. The average molecular weight is 441 g/mol. The maximum Gasteiger partial charge on any atom is 0.294 e. The van der Waals surface area contributed by atoms with E-state index in [2.05, 4.69) is 9.88 Å². The van der Waals surface area contributed by atoms with Gasteiger partial charge in [-0.15, -0.1) is 0 Å². The van der Waals surface area contributed by atoms with Crippen LogP contribution < -0.4 is 16.2 Å². The summed E-state index contributed by atoms with van der Waals surface area (Å²) < 4.78 is 7.19. The van der Waals surface area contributed by atoms with Crippen LogP contribution in [-0.4, -0.2) is 41.9 Å². The first-order valence-corrected chi connectivity index (χ1v) is 10.7. The third kappa shape index (κ3) is 3.55. The van der Waals surface area contributed by atoms with E-state index in [0.29, 0.717) is 34.1 Å². The van der Waals surface area contributed by atoms with E-state index in [0.717, 1.165) is 30.8 Å². The van der Waals surface area contributed by atoms with Crippen LogP contribution in [0.4, 0.5) is 5.82 Å². The van der Waals surface area contributed by atoms with E-state index in [1.165, 1.54) is 11.8 Å². The van der Waals surface area contributed by atoms with Crippen LogP contribution in [0.2, 0.25) is 10.0 Å². The molecule has 2 fully saturated rings. The van der Waals surface area contributed by atoms with E-state index in [1.54, 1.807) is 23.9 Å². The average Bonchev–Trinajstić information content (AvgIpc) is 3.04. The molecule has 2 aliphatic rings. The van der Waals surface area contributed by atoms with Crippen LogP contribution in [0.3, 0.4) is 0 Å². The van der Waals surface area contributed by atoms with E-state index in [4.69, 9.17) is 33.7 Å². The zero-order valence-corrected chi connectivity index (χ0v) is 17.9. The molecule has 1 aromatic heterocycles. The lowest BCUT2D eigenvalue weighted by molar-refractivity contribution is 0.131. The van der Waals surface area contributed by atoms with Crippen LogP contribution in [0.1, 0.15) is 12.8 Å². The predicted octanol–water partition coefficient (Wildman–Crippen LogP) is 3.18. The topological polar surface area (TPSA) is 73.4 Å². The molecule has 4 rings (SSSR count). The van der Waals surface area contributed by atoms with Crippen molar-refractivity contribution in [2.45, 2.75) is 28.8 Å². The molecular formula is C19H22Cl2N4O2S. The van der Waals surface area contributed by atoms with Crippen LogP contribution in [0.5, 0.6) is 0 Å². The second kappa shape index (κ2) is 7.88. The number of nitrogens with zero attached hydrogens (tertiary/aromatic N) is 3. The van der Waals surface area contributed by atoms with Gasteiger partial charge in [-0.1, -0.05) is 41.0 Å². The Balaban J connectivity index is 1.54. The van der Waals surface area contributed by atoms with Crippen LogP contribution in [0.25, 0.3) is 0 Å². The highest BCUT2D eigenvalue weighted by Crippen LogP contribution is 2.39.